The summed E-state index contributed by atoms with van der Waals surface area (Å²) in [5, 5.41) is 8.64. The summed E-state index contributed by atoms with van der Waals surface area (Å²) in [6.07, 6.45) is -3.50. The van der Waals surface area contributed by atoms with Crippen LogP contribution in [0.15, 0.2) is 24.4 Å². The number of anilines is 1. The molecule has 0 unspecified atom stereocenters. The lowest BCUT2D eigenvalue weighted by Gasteiger charge is -2.05. The number of alkyl halides is 3. The largest absolute Gasteiger partial charge is 0.471 e. The Kier molecular flexibility index (Phi) is 2.26. The van der Waals surface area contributed by atoms with Crippen molar-refractivity contribution in [3.63, 3.8) is 0 Å². The highest BCUT2D eigenvalue weighted by Crippen LogP contribution is 2.17. The number of rotatable bonds is 1. The minimum absolute atomic E-state index is 0.266. The summed E-state index contributed by atoms with van der Waals surface area (Å²) >= 11 is 0. The lowest BCUT2D eigenvalue weighted by atomic mass is 10.5. The van der Waals surface area contributed by atoms with Gasteiger partial charge in [-0.15, -0.1) is 10.2 Å². The topological polar surface area (TPSA) is 59.3 Å². The molecule has 2 heterocycles. The number of fused-ring (bicyclic) bond motifs is 1. The SMILES string of the molecule is O=C(Nc1nnc2ccccn12)C(F)(F)F. The first-order valence-corrected chi connectivity index (χ1v) is 4.16. The molecule has 84 valence electrons. The fourth-order valence-corrected chi connectivity index (χ4v) is 1.10. The molecule has 0 aliphatic rings. The zero-order chi connectivity index (χ0) is 11.8. The molecule has 1 amide bonds. The van der Waals surface area contributed by atoms with Gasteiger partial charge in [-0.2, -0.15) is 13.2 Å². The summed E-state index contributed by atoms with van der Waals surface area (Å²) < 4.78 is 37.2. The summed E-state index contributed by atoms with van der Waals surface area (Å²) in [5.41, 5.74) is 0.347. The zero-order valence-corrected chi connectivity index (χ0v) is 7.69. The summed E-state index contributed by atoms with van der Waals surface area (Å²) in [7, 11) is 0. The summed E-state index contributed by atoms with van der Waals surface area (Å²) in [4.78, 5) is 10.7. The van der Waals surface area contributed by atoms with Crippen molar-refractivity contribution in [2.75, 3.05) is 5.32 Å². The number of halogens is 3. The number of pyridine rings is 1. The number of nitrogens with one attached hydrogen (secondary N) is 1. The monoisotopic (exact) mass is 230 g/mol. The molecule has 5 nitrogen and oxygen atoms in total. The molecule has 0 spiro atoms. The molecule has 2 rings (SSSR count). The third-order valence-electron chi connectivity index (χ3n) is 1.80. The van der Waals surface area contributed by atoms with Gasteiger partial charge in [0.25, 0.3) is 0 Å². The van der Waals surface area contributed by atoms with E-state index in [0.717, 1.165) is 0 Å². The molecule has 0 radical (unpaired) electrons. The van der Waals surface area contributed by atoms with Gasteiger partial charge in [-0.05, 0) is 12.1 Å². The van der Waals surface area contributed by atoms with Crippen LogP contribution in [0.1, 0.15) is 0 Å². The van der Waals surface area contributed by atoms with E-state index in [1.807, 2.05) is 0 Å². The average molecular weight is 230 g/mol. The Balaban J connectivity index is 2.32. The molecule has 0 atom stereocenters. The molecule has 16 heavy (non-hydrogen) atoms. The zero-order valence-electron chi connectivity index (χ0n) is 7.69. The first-order valence-electron chi connectivity index (χ1n) is 4.16. The molecule has 2 aromatic heterocycles. The Labute approximate surface area is 86.9 Å². The van der Waals surface area contributed by atoms with Crippen molar-refractivity contribution in [3.8, 4) is 0 Å². The number of hydrogen-bond donors (Lipinski definition) is 1. The van der Waals surface area contributed by atoms with Gasteiger partial charge < -0.3 is 0 Å². The predicted octanol–water partition coefficient (Wildman–Crippen LogP) is 1.23. The fourth-order valence-electron chi connectivity index (χ4n) is 1.10. The maximum absolute atomic E-state index is 12.0. The van der Waals surface area contributed by atoms with Gasteiger partial charge in [-0.3, -0.25) is 14.5 Å². The Morgan fingerprint density at radius 1 is 1.31 bits per heavy atom. The van der Waals surface area contributed by atoms with Crippen molar-refractivity contribution in [2.45, 2.75) is 6.18 Å². The van der Waals surface area contributed by atoms with Gasteiger partial charge in [0.2, 0.25) is 5.95 Å². The van der Waals surface area contributed by atoms with Crippen molar-refractivity contribution in [1.29, 1.82) is 0 Å². The van der Waals surface area contributed by atoms with Crippen molar-refractivity contribution in [2.24, 2.45) is 0 Å². The van der Waals surface area contributed by atoms with Crippen LogP contribution in [-0.4, -0.2) is 26.7 Å². The molecular weight excluding hydrogens is 225 g/mol. The van der Waals surface area contributed by atoms with Crippen LogP contribution in [0, 0.1) is 0 Å². The van der Waals surface area contributed by atoms with E-state index in [0.29, 0.717) is 5.65 Å². The molecule has 0 bridgehead atoms. The number of nitrogens with zero attached hydrogens (tertiary/aromatic N) is 3. The molecule has 0 aliphatic heterocycles. The van der Waals surface area contributed by atoms with E-state index in [9.17, 15) is 18.0 Å². The van der Waals surface area contributed by atoms with Gasteiger partial charge >= 0.3 is 12.1 Å². The molecule has 0 fully saturated rings. The summed E-state index contributed by atoms with van der Waals surface area (Å²) in [6.45, 7) is 0. The lowest BCUT2D eigenvalue weighted by Crippen LogP contribution is -2.30. The first kappa shape index (κ1) is 10.4. The highest BCUT2D eigenvalue weighted by Gasteiger charge is 2.39. The van der Waals surface area contributed by atoms with Crippen molar-refractivity contribution in [3.05, 3.63) is 24.4 Å². The summed E-state index contributed by atoms with van der Waals surface area (Å²) in [5.74, 6) is -2.34. The van der Waals surface area contributed by atoms with Crippen LogP contribution in [0.2, 0.25) is 0 Å². The molecular formula is C8H5F3N4O. The molecule has 0 saturated carbocycles. The molecule has 2 aromatic rings. The predicted molar refractivity (Wildman–Crippen MR) is 47.7 cm³/mol. The second kappa shape index (κ2) is 3.47. The third kappa shape index (κ3) is 1.81. The first-order chi connectivity index (χ1) is 7.48. The maximum atomic E-state index is 12.0. The van der Waals surface area contributed by atoms with Crippen molar-refractivity contribution < 1.29 is 18.0 Å². The maximum Gasteiger partial charge on any atom is 0.471 e. The Bertz CT molecular complexity index is 533. The van der Waals surface area contributed by atoms with E-state index in [-0.39, 0.29) is 5.95 Å². The van der Waals surface area contributed by atoms with E-state index in [1.165, 1.54) is 10.6 Å². The van der Waals surface area contributed by atoms with E-state index in [2.05, 4.69) is 10.2 Å². The van der Waals surface area contributed by atoms with Gasteiger partial charge in [0.1, 0.15) is 0 Å². The number of aromatic nitrogens is 3. The van der Waals surface area contributed by atoms with Gasteiger partial charge in [0.15, 0.2) is 5.65 Å². The van der Waals surface area contributed by atoms with Gasteiger partial charge in [-0.1, -0.05) is 6.07 Å². The van der Waals surface area contributed by atoms with Crippen LogP contribution < -0.4 is 5.32 Å². The van der Waals surface area contributed by atoms with Crippen LogP contribution in [0.5, 0.6) is 0 Å². The quantitative estimate of drug-likeness (QED) is 0.801. The molecule has 0 aromatic carbocycles. The van der Waals surface area contributed by atoms with Crippen molar-refractivity contribution >= 4 is 17.5 Å². The normalized spacial score (nSPS) is 11.7. The summed E-state index contributed by atoms with van der Waals surface area (Å²) in [6, 6.07) is 4.79. The second-order valence-corrected chi connectivity index (χ2v) is 2.90. The van der Waals surface area contributed by atoms with Crippen LogP contribution in [0.3, 0.4) is 0 Å². The fraction of sp³-hybridized carbons (Fsp3) is 0.125. The van der Waals surface area contributed by atoms with Crippen LogP contribution >= 0.6 is 0 Å². The number of carbonyl (C=O) groups is 1. The standard InChI is InChI=1S/C8H5F3N4O/c9-8(10,11)6(16)12-7-14-13-5-3-1-2-4-15(5)7/h1-4H,(H,12,14,16). The minimum atomic E-state index is -4.94. The second-order valence-electron chi connectivity index (χ2n) is 2.90. The highest BCUT2D eigenvalue weighted by atomic mass is 19.4. The number of amides is 1. The van der Waals surface area contributed by atoms with Crippen LogP contribution in [0.25, 0.3) is 5.65 Å². The third-order valence-corrected chi connectivity index (χ3v) is 1.80. The van der Waals surface area contributed by atoms with Gasteiger partial charge in [0.05, 0.1) is 0 Å². The smallest absolute Gasteiger partial charge is 0.286 e. The minimum Gasteiger partial charge on any atom is -0.286 e. The van der Waals surface area contributed by atoms with Gasteiger partial charge in [-0.25, -0.2) is 0 Å². The van der Waals surface area contributed by atoms with Crippen molar-refractivity contribution in [1.82, 2.24) is 14.6 Å². The van der Waals surface area contributed by atoms with Crippen LogP contribution in [-0.2, 0) is 4.79 Å². The van der Waals surface area contributed by atoms with E-state index in [1.54, 1.807) is 23.5 Å². The number of hydrogen-bond acceptors (Lipinski definition) is 3. The Morgan fingerprint density at radius 2 is 2.06 bits per heavy atom. The van der Waals surface area contributed by atoms with E-state index >= 15 is 0 Å². The number of carbonyl (C=O) groups excluding carboxylic acids is 1. The highest BCUT2D eigenvalue weighted by molar-refractivity contribution is 5.93. The van der Waals surface area contributed by atoms with E-state index in [4.69, 9.17) is 0 Å². The molecule has 0 saturated heterocycles. The van der Waals surface area contributed by atoms with Gasteiger partial charge in [0, 0.05) is 6.20 Å². The van der Waals surface area contributed by atoms with Crippen LogP contribution in [0.4, 0.5) is 19.1 Å². The molecule has 0 aliphatic carbocycles. The Hall–Kier alpha value is -2.12. The molecule has 8 heteroatoms. The van der Waals surface area contributed by atoms with E-state index < -0.39 is 12.1 Å². The molecule has 1 N–H and O–H groups in total. The average Bonchev–Trinajstić information content (AvgIpc) is 2.61. The Morgan fingerprint density at radius 3 is 2.75 bits per heavy atom. The lowest BCUT2D eigenvalue weighted by molar-refractivity contribution is -0.167.